The van der Waals surface area contributed by atoms with Crippen molar-refractivity contribution in [3.8, 4) is 0 Å². The molecule has 13 N–H and O–H groups in total. The number of hydrogen-bond donors (Lipinski definition) is 10. The van der Waals surface area contributed by atoms with Crippen LogP contribution in [0.3, 0.4) is 0 Å². The van der Waals surface area contributed by atoms with E-state index in [2.05, 4.69) is 33.6 Å². The zero-order valence-electron chi connectivity index (χ0n) is 18.1. The van der Waals surface area contributed by atoms with Gasteiger partial charge < -0.3 is 49.1 Å². The molecule has 0 spiro atoms. The lowest BCUT2D eigenvalue weighted by atomic mass is 10.1. The molecule has 188 valence electrons. The van der Waals surface area contributed by atoms with Crippen molar-refractivity contribution in [2.45, 2.75) is 56.5 Å². The van der Waals surface area contributed by atoms with Gasteiger partial charge in [0.05, 0.1) is 18.6 Å². The quantitative estimate of drug-likeness (QED) is 0.0450. The Morgan fingerprint density at radius 3 is 2.00 bits per heavy atom. The molecular weight excluding hydrogens is 460 g/mol. The summed E-state index contributed by atoms with van der Waals surface area (Å²) in [7, 11) is 0. The smallest absolute Gasteiger partial charge is 0.326 e. The van der Waals surface area contributed by atoms with Crippen molar-refractivity contribution in [3.05, 3.63) is 0 Å². The number of hydrogen-bond acceptors (Lipinski definition) is 9. The van der Waals surface area contributed by atoms with Gasteiger partial charge in [0, 0.05) is 12.3 Å². The minimum Gasteiger partial charge on any atom is -0.480 e. The van der Waals surface area contributed by atoms with E-state index in [0.717, 1.165) is 0 Å². The van der Waals surface area contributed by atoms with Gasteiger partial charge in [-0.3, -0.25) is 24.2 Å². The van der Waals surface area contributed by atoms with E-state index < -0.39 is 66.3 Å². The molecule has 0 bridgehead atoms. The third-order valence-electron chi connectivity index (χ3n) is 4.20. The first-order chi connectivity index (χ1) is 15.3. The van der Waals surface area contributed by atoms with Crippen molar-refractivity contribution in [3.63, 3.8) is 0 Å². The van der Waals surface area contributed by atoms with Crippen LogP contribution in [0.4, 0.5) is 0 Å². The third kappa shape index (κ3) is 11.9. The Morgan fingerprint density at radius 1 is 0.970 bits per heavy atom. The fourth-order valence-electron chi connectivity index (χ4n) is 2.45. The minimum atomic E-state index is -1.61. The zero-order chi connectivity index (χ0) is 25.7. The summed E-state index contributed by atoms with van der Waals surface area (Å²) in [6.45, 7) is 1.48. The van der Waals surface area contributed by atoms with Gasteiger partial charge >= 0.3 is 5.97 Å². The number of amides is 4. The molecule has 15 nitrogen and oxygen atoms in total. The summed E-state index contributed by atoms with van der Waals surface area (Å²) in [5.41, 5.74) is 21.1. The van der Waals surface area contributed by atoms with Crippen molar-refractivity contribution in [2.24, 2.45) is 27.9 Å². The van der Waals surface area contributed by atoms with Crippen LogP contribution in [0.1, 0.15) is 26.2 Å². The number of aliphatic hydroxyl groups excluding tert-OH is 1. The Labute approximate surface area is 195 Å². The lowest BCUT2D eigenvalue weighted by Crippen LogP contribution is -2.60. The molecule has 0 aromatic rings. The molecule has 0 aliphatic carbocycles. The second kappa shape index (κ2) is 14.9. The van der Waals surface area contributed by atoms with Crippen LogP contribution in [0, 0.1) is 0 Å². The van der Waals surface area contributed by atoms with Crippen molar-refractivity contribution >= 4 is 48.2 Å². The number of guanidine groups is 1. The number of thiol groups is 1. The average molecular weight is 493 g/mol. The van der Waals surface area contributed by atoms with Gasteiger partial charge in [-0.1, -0.05) is 0 Å². The monoisotopic (exact) mass is 492 g/mol. The maximum atomic E-state index is 12.6. The highest BCUT2D eigenvalue weighted by atomic mass is 32.1. The highest BCUT2D eigenvalue weighted by molar-refractivity contribution is 7.80. The molecule has 0 aromatic carbocycles. The molecule has 33 heavy (non-hydrogen) atoms. The Balaban J connectivity index is 5.08. The summed E-state index contributed by atoms with van der Waals surface area (Å²) >= 11 is 3.95. The second-order valence-corrected chi connectivity index (χ2v) is 7.46. The molecule has 0 fully saturated rings. The second-order valence-electron chi connectivity index (χ2n) is 7.10. The van der Waals surface area contributed by atoms with Gasteiger partial charge in [0.15, 0.2) is 5.96 Å². The van der Waals surface area contributed by atoms with Gasteiger partial charge in [-0.15, -0.1) is 0 Å². The summed E-state index contributed by atoms with van der Waals surface area (Å²) in [4.78, 5) is 63.1. The number of carbonyl (C=O) groups is 5. The summed E-state index contributed by atoms with van der Waals surface area (Å²) in [5.74, 6) is -5.47. The van der Waals surface area contributed by atoms with Gasteiger partial charge in [-0.2, -0.15) is 12.6 Å². The normalized spacial score (nSPS) is 15.2. The maximum Gasteiger partial charge on any atom is 0.326 e. The number of carboxylic acid groups (broad SMARTS) is 1. The molecule has 0 rings (SSSR count). The van der Waals surface area contributed by atoms with Gasteiger partial charge in [-0.25, -0.2) is 4.79 Å². The summed E-state index contributed by atoms with van der Waals surface area (Å²) in [6.07, 6.45) is -1.46. The van der Waals surface area contributed by atoms with Crippen LogP contribution in [0.5, 0.6) is 0 Å². The molecule has 5 atom stereocenters. The van der Waals surface area contributed by atoms with E-state index in [1.807, 2.05) is 0 Å². The molecule has 0 saturated heterocycles. The van der Waals surface area contributed by atoms with E-state index in [9.17, 15) is 29.1 Å². The van der Waals surface area contributed by atoms with Gasteiger partial charge in [0.25, 0.3) is 0 Å². The minimum absolute atomic E-state index is 0.106. The Kier molecular flexibility index (Phi) is 13.5. The predicted octanol–water partition coefficient (Wildman–Crippen LogP) is -4.91. The number of nitrogens with two attached hydrogens (primary N) is 4. The number of aliphatic hydroxyl groups is 1. The van der Waals surface area contributed by atoms with Gasteiger partial charge in [0.1, 0.15) is 18.1 Å². The Morgan fingerprint density at radius 2 is 1.55 bits per heavy atom. The number of aliphatic imine (C=N–C) groups is 1. The molecule has 4 amide bonds. The molecule has 0 radical (unpaired) electrons. The van der Waals surface area contributed by atoms with Crippen molar-refractivity contribution in [1.29, 1.82) is 0 Å². The van der Waals surface area contributed by atoms with Gasteiger partial charge in [0.2, 0.25) is 23.6 Å². The van der Waals surface area contributed by atoms with Crippen LogP contribution in [0.25, 0.3) is 0 Å². The molecule has 0 heterocycles. The number of carboxylic acids is 1. The van der Waals surface area contributed by atoms with E-state index in [1.54, 1.807) is 0 Å². The highest BCUT2D eigenvalue weighted by Gasteiger charge is 2.32. The third-order valence-corrected chi connectivity index (χ3v) is 4.57. The van der Waals surface area contributed by atoms with E-state index >= 15 is 0 Å². The predicted molar refractivity (Wildman–Crippen MR) is 121 cm³/mol. The van der Waals surface area contributed by atoms with E-state index in [0.29, 0.717) is 6.42 Å². The molecule has 5 unspecified atom stereocenters. The van der Waals surface area contributed by atoms with Crippen molar-refractivity contribution in [2.75, 3.05) is 12.3 Å². The fraction of sp³-hybridized carbons (Fsp3) is 0.647. The van der Waals surface area contributed by atoms with Crippen LogP contribution in [0.2, 0.25) is 0 Å². The average Bonchev–Trinajstić information content (AvgIpc) is 2.71. The summed E-state index contributed by atoms with van der Waals surface area (Å²) in [5, 5.41) is 25.6. The first-order valence-electron chi connectivity index (χ1n) is 9.82. The van der Waals surface area contributed by atoms with Crippen LogP contribution in [-0.4, -0.2) is 88.3 Å². The molecular formula is C17H32N8O7S. The molecule has 0 aliphatic rings. The zero-order valence-corrected chi connectivity index (χ0v) is 19.0. The van der Waals surface area contributed by atoms with Crippen LogP contribution < -0.4 is 38.9 Å². The number of rotatable bonds is 15. The lowest BCUT2D eigenvalue weighted by Gasteiger charge is -2.25. The number of primary amides is 1. The largest absolute Gasteiger partial charge is 0.480 e. The maximum absolute atomic E-state index is 12.6. The highest BCUT2D eigenvalue weighted by Crippen LogP contribution is 2.02. The number of aliphatic carboxylic acids is 1. The van der Waals surface area contributed by atoms with Crippen molar-refractivity contribution < 1.29 is 34.2 Å². The molecule has 0 aliphatic heterocycles. The standard InChI is InChI=1S/C17H32N8O7S/c1-7(26)12(25-13(28)8(18)3-2-4-22-17(20)21)15(30)24-10(6-33)14(29)23-9(16(31)32)5-11(19)27/h7-10,12,26,33H,2-6,18H2,1H3,(H2,19,27)(H,23,29)(H,24,30)(H,25,28)(H,31,32)(H4,20,21,22). The topological polar surface area (TPSA) is 278 Å². The Hall–Kier alpha value is -3.11. The van der Waals surface area contributed by atoms with Crippen LogP contribution in [-0.2, 0) is 24.0 Å². The molecule has 16 heteroatoms. The fourth-order valence-corrected chi connectivity index (χ4v) is 2.70. The SMILES string of the molecule is CC(O)C(NC(=O)C(N)CCCN=C(N)N)C(=O)NC(CS)C(=O)NC(CC(N)=O)C(=O)O. The van der Waals surface area contributed by atoms with E-state index in [4.69, 9.17) is 28.0 Å². The van der Waals surface area contributed by atoms with E-state index in [-0.39, 0.29) is 24.7 Å². The summed E-state index contributed by atoms with van der Waals surface area (Å²) in [6, 6.07) is -5.46. The number of carbonyl (C=O) groups excluding carboxylic acids is 4. The van der Waals surface area contributed by atoms with Gasteiger partial charge in [-0.05, 0) is 19.8 Å². The summed E-state index contributed by atoms with van der Waals surface area (Å²) < 4.78 is 0. The molecule has 0 saturated carbocycles. The number of nitrogens with zero attached hydrogens (tertiary/aromatic N) is 1. The number of nitrogens with one attached hydrogen (secondary N) is 3. The molecule has 0 aromatic heterocycles. The lowest BCUT2D eigenvalue weighted by molar-refractivity contribution is -0.143. The van der Waals surface area contributed by atoms with Crippen molar-refractivity contribution in [1.82, 2.24) is 16.0 Å². The van der Waals surface area contributed by atoms with Crippen LogP contribution >= 0.6 is 12.6 Å². The Bertz CT molecular complexity index is 745. The first-order valence-corrected chi connectivity index (χ1v) is 10.5. The first kappa shape index (κ1) is 29.9. The van der Waals surface area contributed by atoms with E-state index in [1.165, 1.54) is 6.92 Å². The van der Waals surface area contributed by atoms with Crippen LogP contribution in [0.15, 0.2) is 4.99 Å².